The summed E-state index contributed by atoms with van der Waals surface area (Å²) in [5.41, 5.74) is 1.62. The summed E-state index contributed by atoms with van der Waals surface area (Å²) in [6.07, 6.45) is 7.01. The summed E-state index contributed by atoms with van der Waals surface area (Å²) in [5, 5.41) is 0. The van der Waals surface area contributed by atoms with E-state index in [0.29, 0.717) is 89.8 Å². The van der Waals surface area contributed by atoms with Crippen molar-refractivity contribution in [3.63, 3.8) is 0 Å². The molecular formula is C51H53ClO13S. The summed E-state index contributed by atoms with van der Waals surface area (Å²) in [4.78, 5) is 88.6. The molecule has 2 fully saturated rings. The molecule has 0 atom stereocenters. The first-order valence-electron chi connectivity index (χ1n) is 22.0. The molecule has 0 amide bonds. The molecule has 15 heteroatoms. The Balaban J connectivity index is 0.899. The Morgan fingerprint density at radius 3 is 1.62 bits per heavy atom. The van der Waals surface area contributed by atoms with Gasteiger partial charge >= 0.3 is 35.8 Å². The SMILES string of the molecule is CC(=O)Oc1ccc(OC(=O)C2CCC(C(=O)OCCc3ccc(OC(=O)C4CCC(C(=O)Oc5ccc(OC(C)=O)c(/C=C/C(=O)c6ccc(Cl)s6)c5)CC4)cc3)CC2)c(C(C)(C)C)c1. The first-order chi connectivity index (χ1) is 31.4. The monoisotopic (exact) mass is 940 g/mol. The summed E-state index contributed by atoms with van der Waals surface area (Å²) in [6, 6.07) is 19.7. The van der Waals surface area contributed by atoms with Crippen LogP contribution in [-0.4, -0.2) is 48.2 Å². The van der Waals surface area contributed by atoms with E-state index in [-0.39, 0.29) is 59.0 Å². The van der Waals surface area contributed by atoms with Crippen LogP contribution in [0.2, 0.25) is 4.34 Å². The van der Waals surface area contributed by atoms with Crippen LogP contribution in [0.5, 0.6) is 28.7 Å². The van der Waals surface area contributed by atoms with Gasteiger partial charge in [0.2, 0.25) is 0 Å². The molecule has 0 N–H and O–H groups in total. The Hall–Kier alpha value is -6.12. The highest BCUT2D eigenvalue weighted by molar-refractivity contribution is 7.18. The fourth-order valence-corrected chi connectivity index (χ4v) is 8.87. The molecule has 2 aliphatic rings. The summed E-state index contributed by atoms with van der Waals surface area (Å²) < 4.78 is 33.8. The first kappa shape index (κ1) is 49.3. The fourth-order valence-electron chi connectivity index (χ4n) is 7.91. The molecule has 0 unspecified atom stereocenters. The second kappa shape index (κ2) is 22.4. The second-order valence-electron chi connectivity index (χ2n) is 17.5. The minimum atomic E-state index is -0.552. The van der Waals surface area contributed by atoms with Gasteiger partial charge in [-0.3, -0.25) is 33.6 Å². The lowest BCUT2D eigenvalue weighted by molar-refractivity contribution is -0.152. The molecule has 0 bridgehead atoms. The predicted octanol–water partition coefficient (Wildman–Crippen LogP) is 10.3. The molecule has 0 aliphatic heterocycles. The van der Waals surface area contributed by atoms with Crippen LogP contribution in [0.15, 0.2) is 78.9 Å². The number of thiophene rings is 1. The molecule has 2 saturated carbocycles. The van der Waals surface area contributed by atoms with E-state index >= 15 is 0 Å². The molecule has 3 aromatic carbocycles. The molecule has 13 nitrogen and oxygen atoms in total. The molecule has 6 rings (SSSR count). The minimum absolute atomic E-state index is 0.176. The van der Waals surface area contributed by atoms with E-state index in [4.69, 9.17) is 40.0 Å². The maximum absolute atomic E-state index is 13.2. The zero-order valence-corrected chi connectivity index (χ0v) is 39.1. The van der Waals surface area contributed by atoms with E-state index in [1.807, 2.05) is 32.9 Å². The predicted molar refractivity (Wildman–Crippen MR) is 246 cm³/mol. The van der Waals surface area contributed by atoms with Crippen LogP contribution in [0, 0.1) is 23.7 Å². The van der Waals surface area contributed by atoms with Gasteiger partial charge in [-0.05, 0) is 135 Å². The van der Waals surface area contributed by atoms with E-state index < -0.39 is 29.7 Å². The second-order valence-corrected chi connectivity index (χ2v) is 19.2. The van der Waals surface area contributed by atoms with Crippen molar-refractivity contribution >= 4 is 70.6 Å². The van der Waals surface area contributed by atoms with Crippen molar-refractivity contribution < 1.29 is 62.0 Å². The van der Waals surface area contributed by atoms with Crippen LogP contribution in [0.1, 0.15) is 112 Å². The number of ether oxygens (including phenoxy) is 6. The van der Waals surface area contributed by atoms with Crippen LogP contribution >= 0.6 is 22.9 Å². The van der Waals surface area contributed by atoms with Crippen LogP contribution in [0.4, 0.5) is 0 Å². The van der Waals surface area contributed by atoms with Crippen LogP contribution in [0.3, 0.4) is 0 Å². The molecule has 0 radical (unpaired) electrons. The third kappa shape index (κ3) is 13.9. The molecule has 0 saturated heterocycles. The Morgan fingerprint density at radius 1 is 0.591 bits per heavy atom. The number of esters is 6. The number of carbonyl (C=O) groups is 7. The number of hydrogen-bond donors (Lipinski definition) is 0. The molecule has 1 aromatic heterocycles. The molecular weight excluding hydrogens is 888 g/mol. The molecule has 2 aliphatic carbocycles. The van der Waals surface area contributed by atoms with Gasteiger partial charge < -0.3 is 28.4 Å². The van der Waals surface area contributed by atoms with Crippen molar-refractivity contribution in [3.8, 4) is 28.7 Å². The van der Waals surface area contributed by atoms with Crippen molar-refractivity contribution in [1.29, 1.82) is 0 Å². The quantitative estimate of drug-likeness (QED) is 0.0477. The average Bonchev–Trinajstić information content (AvgIpc) is 3.72. The highest BCUT2D eigenvalue weighted by atomic mass is 35.5. The molecule has 1 heterocycles. The van der Waals surface area contributed by atoms with Gasteiger partial charge in [0.05, 0.1) is 39.5 Å². The summed E-state index contributed by atoms with van der Waals surface area (Å²) in [7, 11) is 0. The summed E-state index contributed by atoms with van der Waals surface area (Å²) >= 11 is 7.10. The highest BCUT2D eigenvalue weighted by Gasteiger charge is 2.34. The Bertz CT molecular complexity index is 2460. The number of ketones is 1. The lowest BCUT2D eigenvalue weighted by Gasteiger charge is -2.27. The fraction of sp³-hybridized carbons (Fsp3) is 0.392. The van der Waals surface area contributed by atoms with Crippen LogP contribution in [0.25, 0.3) is 6.08 Å². The van der Waals surface area contributed by atoms with Gasteiger partial charge in [-0.25, -0.2) is 0 Å². The normalized spacial score (nSPS) is 18.5. The number of rotatable bonds is 15. The van der Waals surface area contributed by atoms with Crippen molar-refractivity contribution in [2.45, 2.75) is 97.8 Å². The largest absolute Gasteiger partial charge is 0.465 e. The van der Waals surface area contributed by atoms with Gasteiger partial charge in [0, 0.05) is 31.4 Å². The molecule has 4 aromatic rings. The van der Waals surface area contributed by atoms with Crippen LogP contribution < -0.4 is 23.7 Å². The van der Waals surface area contributed by atoms with Gasteiger partial charge in [-0.15, -0.1) is 11.3 Å². The van der Waals surface area contributed by atoms with Crippen molar-refractivity contribution in [2.75, 3.05) is 6.61 Å². The maximum Gasteiger partial charge on any atom is 0.314 e. The third-order valence-electron chi connectivity index (χ3n) is 11.5. The van der Waals surface area contributed by atoms with Crippen molar-refractivity contribution in [3.05, 3.63) is 105 Å². The number of hydrogen-bond acceptors (Lipinski definition) is 14. The summed E-state index contributed by atoms with van der Waals surface area (Å²) in [6.45, 7) is 8.70. The van der Waals surface area contributed by atoms with Gasteiger partial charge in [0.1, 0.15) is 28.7 Å². The molecule has 348 valence electrons. The minimum Gasteiger partial charge on any atom is -0.465 e. The average molecular weight is 941 g/mol. The number of halogens is 1. The zero-order valence-electron chi connectivity index (χ0n) is 37.6. The van der Waals surface area contributed by atoms with E-state index in [1.165, 1.54) is 44.2 Å². The van der Waals surface area contributed by atoms with Gasteiger partial charge in [-0.2, -0.15) is 0 Å². The number of carbonyl (C=O) groups excluding carboxylic acids is 7. The lowest BCUT2D eigenvalue weighted by atomic mass is 9.82. The summed E-state index contributed by atoms with van der Waals surface area (Å²) in [5.74, 6) is -2.67. The van der Waals surface area contributed by atoms with Crippen molar-refractivity contribution in [1.82, 2.24) is 0 Å². The van der Waals surface area contributed by atoms with Gasteiger partial charge in [0.15, 0.2) is 5.78 Å². The third-order valence-corrected chi connectivity index (χ3v) is 12.7. The van der Waals surface area contributed by atoms with E-state index in [1.54, 1.807) is 42.5 Å². The zero-order chi connectivity index (χ0) is 47.5. The highest BCUT2D eigenvalue weighted by Crippen LogP contribution is 2.37. The lowest BCUT2D eigenvalue weighted by Crippen LogP contribution is -2.30. The Morgan fingerprint density at radius 2 is 1.09 bits per heavy atom. The van der Waals surface area contributed by atoms with Crippen LogP contribution in [-0.2, 0) is 45.3 Å². The smallest absolute Gasteiger partial charge is 0.314 e. The van der Waals surface area contributed by atoms with E-state index in [9.17, 15) is 33.6 Å². The maximum atomic E-state index is 13.2. The first-order valence-corrected chi connectivity index (χ1v) is 23.1. The number of allylic oxidation sites excluding steroid dienone is 1. The van der Waals surface area contributed by atoms with E-state index in [2.05, 4.69) is 0 Å². The Kier molecular flexibility index (Phi) is 16.7. The van der Waals surface area contributed by atoms with E-state index in [0.717, 1.165) is 22.5 Å². The molecule has 0 spiro atoms. The number of benzene rings is 3. The Labute approximate surface area is 392 Å². The topological polar surface area (TPSA) is 175 Å². The standard InChI is InChI=1S/C51H53ClO13S/c1-30(53)61-40-20-23-44(41(29-40)51(3,4)5)65-50(59)36-10-8-33(9-11-36)47(56)60-27-26-32-6-17-38(18-7-32)63-48(57)34-12-14-35(15-13-34)49(58)64-39-19-22-43(62-31(2)54)37(28-39)16-21-42(55)45-24-25-46(52)66-45/h6-7,16-25,28-29,33-36H,8-15,26-27H2,1-5H3/b21-16+. The van der Waals surface area contributed by atoms with Crippen molar-refractivity contribution in [2.24, 2.45) is 23.7 Å². The van der Waals surface area contributed by atoms with Gasteiger partial charge in [0.25, 0.3) is 0 Å². The van der Waals surface area contributed by atoms with Gasteiger partial charge in [-0.1, -0.05) is 44.5 Å². The molecule has 66 heavy (non-hydrogen) atoms.